The van der Waals surface area contributed by atoms with Gasteiger partial charge in [0, 0.05) is 30.8 Å². The minimum absolute atomic E-state index is 0.0935. The van der Waals surface area contributed by atoms with E-state index in [1.165, 1.54) is 12.5 Å². The van der Waals surface area contributed by atoms with E-state index in [4.69, 9.17) is 5.11 Å². The summed E-state index contributed by atoms with van der Waals surface area (Å²) >= 11 is 0. The lowest BCUT2D eigenvalue weighted by Gasteiger charge is -2.16. The van der Waals surface area contributed by atoms with Crippen molar-refractivity contribution in [1.29, 1.82) is 0 Å². The molecule has 0 aliphatic heterocycles. The van der Waals surface area contributed by atoms with Crippen molar-refractivity contribution in [2.45, 2.75) is 52.9 Å². The molecular formula is C28H37FN5OP. The largest absolute Gasteiger partial charge is 0.396 e. The molecule has 0 spiro atoms. The molecule has 0 aliphatic carbocycles. The predicted octanol–water partition coefficient (Wildman–Crippen LogP) is 5.00. The smallest absolute Gasteiger partial charge is 0.222 e. The van der Waals surface area contributed by atoms with Gasteiger partial charge in [-0.2, -0.15) is 10.2 Å². The van der Waals surface area contributed by atoms with E-state index in [1.54, 1.807) is 12.3 Å². The molecule has 0 aliphatic rings. The molecule has 0 bridgehead atoms. The highest BCUT2D eigenvalue weighted by atomic mass is 31.0. The van der Waals surface area contributed by atoms with Crippen LogP contribution < -0.4 is 10.6 Å². The van der Waals surface area contributed by atoms with Crippen LogP contribution in [-0.2, 0) is 6.42 Å². The van der Waals surface area contributed by atoms with Crippen molar-refractivity contribution in [2.75, 3.05) is 18.5 Å². The van der Waals surface area contributed by atoms with Crippen LogP contribution in [0.4, 0.5) is 10.3 Å². The highest BCUT2D eigenvalue weighted by molar-refractivity contribution is 7.28. The Bertz CT molecular complexity index is 1060. The predicted molar refractivity (Wildman–Crippen MR) is 152 cm³/mol. The summed E-state index contributed by atoms with van der Waals surface area (Å²) in [6.07, 6.45) is 20.3. The van der Waals surface area contributed by atoms with Crippen molar-refractivity contribution < 1.29 is 9.50 Å². The first kappa shape index (κ1) is 32.6. The summed E-state index contributed by atoms with van der Waals surface area (Å²) < 4.78 is 14.3. The fourth-order valence-electron chi connectivity index (χ4n) is 3.14. The van der Waals surface area contributed by atoms with Crippen LogP contribution >= 0.6 is 9.24 Å². The normalized spacial score (nSPS) is 10.3. The number of benzene rings is 1. The van der Waals surface area contributed by atoms with Crippen molar-refractivity contribution in [2.24, 2.45) is 0 Å². The molecule has 6 nitrogen and oxygen atoms in total. The molecule has 1 aromatic carbocycles. The molecular weight excluding hydrogens is 472 g/mol. The molecule has 2 unspecified atom stereocenters. The molecule has 8 heteroatoms. The van der Waals surface area contributed by atoms with Crippen LogP contribution in [0.3, 0.4) is 0 Å². The Kier molecular flexibility index (Phi) is 17.1. The van der Waals surface area contributed by atoms with E-state index in [2.05, 4.69) is 74.3 Å². The Morgan fingerprint density at radius 2 is 1.75 bits per heavy atom. The van der Waals surface area contributed by atoms with Gasteiger partial charge in [0.1, 0.15) is 5.82 Å². The minimum Gasteiger partial charge on any atom is -0.396 e. The number of nitrogens with zero attached hydrogens (tertiary/aromatic N) is 4. The Morgan fingerprint density at radius 1 is 1.08 bits per heavy atom. The zero-order valence-corrected chi connectivity index (χ0v) is 22.7. The van der Waals surface area contributed by atoms with Crippen LogP contribution in [0.2, 0.25) is 0 Å². The number of halogens is 1. The van der Waals surface area contributed by atoms with Crippen molar-refractivity contribution in [3.8, 4) is 37.0 Å². The average molecular weight is 510 g/mol. The fourth-order valence-corrected chi connectivity index (χ4v) is 3.54. The monoisotopic (exact) mass is 509 g/mol. The number of aliphatic hydroxyl groups is 1. The molecule has 2 aromatic heterocycles. The summed E-state index contributed by atoms with van der Waals surface area (Å²) in [5.74, 6) is 0.109. The first-order chi connectivity index (χ1) is 17.5. The second-order valence-corrected chi connectivity index (χ2v) is 8.06. The summed E-state index contributed by atoms with van der Waals surface area (Å²) in [5.41, 5.74) is 3.62. The average Bonchev–Trinajstić information content (AvgIpc) is 2.91. The van der Waals surface area contributed by atoms with Gasteiger partial charge in [0.05, 0.1) is 17.1 Å². The first-order valence-electron chi connectivity index (χ1n) is 11.7. The van der Waals surface area contributed by atoms with Gasteiger partial charge in [-0.15, -0.1) is 34.9 Å². The van der Waals surface area contributed by atoms with Gasteiger partial charge < -0.3 is 10.4 Å². The van der Waals surface area contributed by atoms with E-state index < -0.39 is 0 Å². The third kappa shape index (κ3) is 9.70. The maximum atomic E-state index is 14.3. The zero-order chi connectivity index (χ0) is 27.5. The van der Waals surface area contributed by atoms with E-state index in [-0.39, 0.29) is 18.3 Å². The Balaban J connectivity index is 0.00000159. The molecule has 0 saturated carbocycles. The number of hydrogen-bond donors (Lipinski definition) is 2. The third-order valence-electron chi connectivity index (χ3n) is 4.74. The zero-order valence-electron chi connectivity index (χ0n) is 21.6. The fraction of sp³-hybridized carbons (Fsp3) is 0.357. The molecule has 3 aromatic rings. The van der Waals surface area contributed by atoms with Gasteiger partial charge in [0.15, 0.2) is 0 Å². The molecule has 2 heterocycles. The topological polar surface area (TPSA) is 83.8 Å². The van der Waals surface area contributed by atoms with Crippen LogP contribution in [-0.4, -0.2) is 38.4 Å². The van der Waals surface area contributed by atoms with Crippen LogP contribution in [0.5, 0.6) is 0 Å². The van der Waals surface area contributed by atoms with Crippen molar-refractivity contribution in [3.05, 3.63) is 59.3 Å². The highest BCUT2D eigenvalue weighted by Gasteiger charge is 2.19. The minimum atomic E-state index is -0.316. The standard InChI is InChI=1S/C21H25FN5OP.C3H8.2C2H2/c1-3-14-12-17(19-15(22)6-4-7-18(19)29)26-27-20(14)13(2)16-8-10-24-21(25-16)23-9-5-11-28;1-3-2;2*1-2/h4,6-8,10,12-13,28H,3,5,9,11,29H2,1-2H3,(H,23,24,25);3H2,1-2H3;2*1-2H. The van der Waals surface area contributed by atoms with Crippen LogP contribution in [0, 0.1) is 31.5 Å². The van der Waals surface area contributed by atoms with Crippen molar-refractivity contribution in [1.82, 2.24) is 20.2 Å². The Morgan fingerprint density at radius 3 is 2.33 bits per heavy atom. The number of nitrogens with one attached hydrogen (secondary N) is 1. The van der Waals surface area contributed by atoms with Crippen LogP contribution in [0.15, 0.2) is 36.5 Å². The molecule has 192 valence electrons. The van der Waals surface area contributed by atoms with Gasteiger partial charge in [-0.25, -0.2) is 14.4 Å². The van der Waals surface area contributed by atoms with Crippen LogP contribution in [0.1, 0.15) is 63.4 Å². The summed E-state index contributed by atoms with van der Waals surface area (Å²) in [7, 11) is 2.55. The summed E-state index contributed by atoms with van der Waals surface area (Å²) in [6.45, 7) is 9.03. The van der Waals surface area contributed by atoms with Gasteiger partial charge >= 0.3 is 0 Å². The molecule has 0 fully saturated rings. The van der Waals surface area contributed by atoms with Gasteiger partial charge in [0.25, 0.3) is 0 Å². The van der Waals surface area contributed by atoms with Gasteiger partial charge in [0.2, 0.25) is 5.95 Å². The second kappa shape index (κ2) is 18.9. The van der Waals surface area contributed by atoms with E-state index in [0.717, 1.165) is 28.7 Å². The Hall–Kier alpha value is -3.38. The summed E-state index contributed by atoms with van der Waals surface area (Å²) in [4.78, 5) is 8.79. The Labute approximate surface area is 217 Å². The lowest BCUT2D eigenvalue weighted by molar-refractivity contribution is 0.292. The number of hydrogen-bond acceptors (Lipinski definition) is 6. The molecule has 0 saturated heterocycles. The van der Waals surface area contributed by atoms with Crippen molar-refractivity contribution in [3.63, 3.8) is 0 Å². The molecule has 2 N–H and O–H groups in total. The van der Waals surface area contributed by atoms with E-state index in [1.807, 2.05) is 32.0 Å². The van der Waals surface area contributed by atoms with E-state index >= 15 is 0 Å². The number of aliphatic hydroxyl groups excluding tert-OH is 1. The molecule has 36 heavy (non-hydrogen) atoms. The summed E-state index contributed by atoms with van der Waals surface area (Å²) in [6, 6.07) is 8.70. The lowest BCUT2D eigenvalue weighted by atomic mass is 9.96. The second-order valence-electron chi connectivity index (χ2n) is 7.44. The SMILES string of the molecule is C#C.C#C.CCC.CCc1cc(-c2c(F)cccc2P)nnc1C(C)c1ccnc(NCCCO)n1. The third-order valence-corrected chi connectivity index (χ3v) is 5.22. The van der Waals surface area contributed by atoms with Gasteiger partial charge in [-0.05, 0) is 41.9 Å². The summed E-state index contributed by atoms with van der Waals surface area (Å²) in [5, 5.41) is 21.5. The maximum absolute atomic E-state index is 14.3. The molecule has 2 atom stereocenters. The quantitative estimate of drug-likeness (QED) is 0.253. The number of rotatable bonds is 8. The number of anilines is 1. The maximum Gasteiger partial charge on any atom is 0.222 e. The number of terminal acetylenes is 2. The number of aromatic nitrogens is 4. The molecule has 3 rings (SSSR count). The van der Waals surface area contributed by atoms with Gasteiger partial charge in [-0.1, -0.05) is 46.2 Å². The number of aryl methyl sites for hydroxylation is 1. The van der Waals surface area contributed by atoms with Crippen LogP contribution in [0.25, 0.3) is 11.3 Å². The molecule has 0 amide bonds. The molecule has 0 radical (unpaired) electrons. The van der Waals surface area contributed by atoms with E-state index in [0.29, 0.717) is 30.2 Å². The van der Waals surface area contributed by atoms with E-state index in [9.17, 15) is 4.39 Å². The first-order valence-corrected chi connectivity index (χ1v) is 12.3. The van der Waals surface area contributed by atoms with Crippen molar-refractivity contribution >= 4 is 20.5 Å². The lowest BCUT2D eigenvalue weighted by Crippen LogP contribution is -2.12. The van der Waals surface area contributed by atoms with Gasteiger partial charge in [-0.3, -0.25) is 0 Å². The highest BCUT2D eigenvalue weighted by Crippen LogP contribution is 2.28.